The van der Waals surface area contributed by atoms with Gasteiger partial charge in [-0.3, -0.25) is 9.67 Å². The lowest BCUT2D eigenvalue weighted by Crippen LogP contribution is -2.02. The van der Waals surface area contributed by atoms with Crippen molar-refractivity contribution in [2.45, 2.75) is 9.79 Å². The smallest absolute Gasteiger partial charge is 0.205 e. The van der Waals surface area contributed by atoms with Crippen LogP contribution in [0.4, 0.5) is 5.69 Å². The first-order valence-electron chi connectivity index (χ1n) is 6.47. The zero-order valence-electron chi connectivity index (χ0n) is 11.7. The Hall–Kier alpha value is -2.76. The second-order valence-corrected chi connectivity index (χ2v) is 6.97. The minimum atomic E-state index is -3.67. The Morgan fingerprint density at radius 3 is 2.48 bits per heavy atom. The highest BCUT2D eigenvalue weighted by molar-refractivity contribution is 7.91. The molecule has 2 aromatic carbocycles. The van der Waals surface area contributed by atoms with Crippen LogP contribution in [0, 0.1) is 11.3 Å². The number of nitrogens with zero attached hydrogens (tertiary/aromatic N) is 3. The van der Waals surface area contributed by atoms with Gasteiger partial charge < -0.3 is 0 Å². The van der Waals surface area contributed by atoms with Gasteiger partial charge in [0, 0.05) is 5.69 Å². The lowest BCUT2D eigenvalue weighted by molar-refractivity contribution is 0.596. The highest BCUT2D eigenvalue weighted by Crippen LogP contribution is 2.25. The average molecular weight is 342 g/mol. The largest absolute Gasteiger partial charge is 0.275 e. The van der Waals surface area contributed by atoms with E-state index in [1.165, 1.54) is 30.6 Å². The Morgan fingerprint density at radius 2 is 1.87 bits per heavy atom. The Labute approximate surface area is 137 Å². The van der Waals surface area contributed by atoms with Crippen LogP contribution in [-0.2, 0) is 9.84 Å². The molecule has 6 nitrogen and oxygen atoms in total. The van der Waals surface area contributed by atoms with E-state index in [4.69, 9.17) is 18.8 Å². The molecule has 0 aliphatic rings. The van der Waals surface area contributed by atoms with Crippen LogP contribution in [0.25, 0.3) is 10.5 Å². The fraction of sp³-hybridized carbons (Fsp3) is 0. The molecule has 23 heavy (non-hydrogen) atoms. The van der Waals surface area contributed by atoms with Gasteiger partial charge in [0.15, 0.2) is 10.5 Å². The van der Waals surface area contributed by atoms with Crippen LogP contribution < -0.4 is 0 Å². The van der Waals surface area contributed by atoms with E-state index in [-0.39, 0.29) is 15.5 Å². The van der Waals surface area contributed by atoms with Crippen molar-refractivity contribution >= 4 is 27.7 Å². The Kier molecular flexibility index (Phi) is 3.82. The third-order valence-electron chi connectivity index (χ3n) is 3.23. The van der Waals surface area contributed by atoms with Crippen LogP contribution in [0.1, 0.15) is 0 Å². The molecule has 8 heteroatoms. The Morgan fingerprint density at radius 1 is 1.13 bits per heavy atom. The van der Waals surface area contributed by atoms with Crippen LogP contribution in [0.2, 0.25) is 0 Å². The summed E-state index contributed by atoms with van der Waals surface area (Å²) in [6.45, 7) is 6.99. The number of aromatic amines is 1. The van der Waals surface area contributed by atoms with Crippen molar-refractivity contribution in [2.75, 3.05) is 0 Å². The second-order valence-electron chi connectivity index (χ2n) is 4.64. The number of nitrogens with one attached hydrogen (secondary N) is 1. The van der Waals surface area contributed by atoms with E-state index in [1.54, 1.807) is 28.8 Å². The summed E-state index contributed by atoms with van der Waals surface area (Å²) in [6, 6.07) is 12.3. The maximum Gasteiger partial charge on any atom is 0.205 e. The van der Waals surface area contributed by atoms with Crippen LogP contribution >= 0.6 is 12.2 Å². The summed E-state index contributed by atoms with van der Waals surface area (Å²) < 4.78 is 27.3. The van der Waals surface area contributed by atoms with Gasteiger partial charge in [0.25, 0.3) is 0 Å². The van der Waals surface area contributed by atoms with Crippen molar-refractivity contribution in [2.24, 2.45) is 0 Å². The van der Waals surface area contributed by atoms with Crippen molar-refractivity contribution in [1.82, 2.24) is 14.8 Å². The first kappa shape index (κ1) is 15.1. The summed E-state index contributed by atoms with van der Waals surface area (Å²) in [5.41, 5.74) is 0.991. The van der Waals surface area contributed by atoms with Crippen molar-refractivity contribution in [1.29, 1.82) is 0 Å². The van der Waals surface area contributed by atoms with Crippen LogP contribution in [0.3, 0.4) is 0 Å². The van der Waals surface area contributed by atoms with Crippen molar-refractivity contribution in [3.8, 4) is 5.69 Å². The minimum absolute atomic E-state index is 0.0960. The van der Waals surface area contributed by atoms with E-state index < -0.39 is 9.84 Å². The molecule has 1 N–H and O–H groups in total. The molecule has 3 aromatic rings. The van der Waals surface area contributed by atoms with Gasteiger partial charge in [0.05, 0.1) is 16.4 Å². The zero-order chi connectivity index (χ0) is 16.4. The van der Waals surface area contributed by atoms with Gasteiger partial charge in [-0.2, -0.15) is 5.10 Å². The maximum absolute atomic E-state index is 12.6. The molecule has 0 atom stereocenters. The fourth-order valence-corrected chi connectivity index (χ4v) is 3.58. The number of aromatic nitrogens is 3. The molecule has 0 fully saturated rings. The van der Waals surface area contributed by atoms with Gasteiger partial charge in [-0.1, -0.05) is 12.1 Å². The molecule has 3 rings (SSSR count). The number of rotatable bonds is 3. The van der Waals surface area contributed by atoms with Crippen molar-refractivity contribution in [3.63, 3.8) is 0 Å². The van der Waals surface area contributed by atoms with Crippen LogP contribution in [-0.4, -0.2) is 23.2 Å². The Balaban J connectivity index is 2.03. The predicted octanol–water partition coefficient (Wildman–Crippen LogP) is 3.31. The number of H-pyrrole nitrogens is 1. The third kappa shape index (κ3) is 2.79. The molecule has 0 amide bonds. The van der Waals surface area contributed by atoms with Crippen LogP contribution in [0.15, 0.2) is 64.6 Å². The predicted molar refractivity (Wildman–Crippen MR) is 86.9 cm³/mol. The highest BCUT2D eigenvalue weighted by Gasteiger charge is 2.17. The van der Waals surface area contributed by atoms with Crippen molar-refractivity contribution < 1.29 is 8.42 Å². The first-order chi connectivity index (χ1) is 11.0. The summed E-state index contributed by atoms with van der Waals surface area (Å²) in [6.07, 6.45) is 1.52. The Bertz CT molecular complexity index is 1060. The van der Waals surface area contributed by atoms with Crippen molar-refractivity contribution in [3.05, 3.63) is 71.0 Å². The summed E-state index contributed by atoms with van der Waals surface area (Å²) in [5.74, 6) is 0. The molecule has 0 spiro atoms. The molecular formula is C15H10N4O2S2. The molecule has 0 aliphatic carbocycles. The molecule has 0 unspecified atom stereocenters. The zero-order valence-corrected chi connectivity index (χ0v) is 13.3. The van der Waals surface area contributed by atoms with E-state index in [2.05, 4.69) is 15.0 Å². The molecule has 0 saturated heterocycles. The van der Waals surface area contributed by atoms with Gasteiger partial charge in [-0.15, -0.1) is 0 Å². The van der Waals surface area contributed by atoms with Gasteiger partial charge in [-0.25, -0.2) is 13.3 Å². The SMILES string of the molecule is [C-]#[N+]c1cccc(S(=O)(=O)c2ccc(-n3cn[nH]c3=S)cc2)c1. The van der Waals surface area contributed by atoms with E-state index in [0.29, 0.717) is 10.5 Å². The second kappa shape index (κ2) is 5.79. The quantitative estimate of drug-likeness (QED) is 0.585. The van der Waals surface area contributed by atoms with E-state index in [1.807, 2.05) is 0 Å². The number of benzene rings is 2. The monoisotopic (exact) mass is 342 g/mol. The number of hydrogen-bond donors (Lipinski definition) is 1. The van der Waals surface area contributed by atoms with E-state index >= 15 is 0 Å². The molecule has 0 saturated carbocycles. The maximum atomic E-state index is 12.6. The summed E-state index contributed by atoms with van der Waals surface area (Å²) >= 11 is 5.08. The summed E-state index contributed by atoms with van der Waals surface area (Å²) in [4.78, 5) is 3.50. The van der Waals surface area contributed by atoms with Gasteiger partial charge in [0.2, 0.25) is 9.84 Å². The number of hydrogen-bond acceptors (Lipinski definition) is 4. The van der Waals surface area contributed by atoms with E-state index in [0.717, 1.165) is 0 Å². The summed E-state index contributed by atoms with van der Waals surface area (Å²) in [5, 5.41) is 6.46. The topological polar surface area (TPSA) is 72.1 Å². The highest BCUT2D eigenvalue weighted by atomic mass is 32.2. The summed E-state index contributed by atoms with van der Waals surface area (Å²) in [7, 11) is -3.67. The standard InChI is InChI=1S/C15H10N4O2S2/c1-16-11-3-2-4-14(9-11)23(20,21)13-7-5-12(6-8-13)19-10-17-18-15(19)22/h2-10H,(H,18,22). The first-order valence-corrected chi connectivity index (χ1v) is 8.36. The molecule has 1 heterocycles. The molecule has 0 aliphatic heterocycles. The molecule has 114 valence electrons. The normalized spacial score (nSPS) is 11.1. The number of sulfone groups is 1. The fourth-order valence-electron chi connectivity index (χ4n) is 2.07. The molecule has 0 bridgehead atoms. The average Bonchev–Trinajstić information content (AvgIpc) is 3.01. The minimum Gasteiger partial charge on any atom is -0.275 e. The molecular weight excluding hydrogens is 332 g/mol. The van der Waals surface area contributed by atoms with Gasteiger partial charge in [0.1, 0.15) is 6.33 Å². The molecule has 1 aromatic heterocycles. The lowest BCUT2D eigenvalue weighted by Gasteiger charge is -2.07. The van der Waals surface area contributed by atoms with E-state index in [9.17, 15) is 8.42 Å². The van der Waals surface area contributed by atoms with Crippen LogP contribution in [0.5, 0.6) is 0 Å². The lowest BCUT2D eigenvalue weighted by atomic mass is 10.3. The van der Waals surface area contributed by atoms with Gasteiger partial charge >= 0.3 is 0 Å². The third-order valence-corrected chi connectivity index (χ3v) is 5.29. The van der Waals surface area contributed by atoms with Gasteiger partial charge in [-0.05, 0) is 48.6 Å². The molecule has 0 radical (unpaired) electrons.